The molecule has 2 aromatic rings. The summed E-state index contributed by atoms with van der Waals surface area (Å²) in [6, 6.07) is 17.2. The van der Waals surface area contributed by atoms with Crippen LogP contribution in [0.1, 0.15) is 29.8 Å². The Morgan fingerprint density at radius 3 is 2.20 bits per heavy atom. The van der Waals surface area contributed by atoms with Gasteiger partial charge in [0.1, 0.15) is 0 Å². The van der Waals surface area contributed by atoms with Gasteiger partial charge in [-0.15, -0.1) is 0 Å². The number of benzene rings is 2. The SMILES string of the molecule is CC(C)N(Cc1ccccc1)C(=O)c1ccc(Cl)cc1. The van der Waals surface area contributed by atoms with Crippen LogP contribution in [0.3, 0.4) is 0 Å². The predicted molar refractivity (Wildman–Crippen MR) is 82.9 cm³/mol. The van der Waals surface area contributed by atoms with Crippen LogP contribution in [0.5, 0.6) is 0 Å². The van der Waals surface area contributed by atoms with Crippen molar-refractivity contribution in [2.45, 2.75) is 26.4 Å². The van der Waals surface area contributed by atoms with Crippen LogP contribution in [0.15, 0.2) is 54.6 Å². The van der Waals surface area contributed by atoms with Crippen molar-refractivity contribution >= 4 is 17.5 Å². The zero-order valence-corrected chi connectivity index (χ0v) is 12.5. The Hall–Kier alpha value is -1.80. The molecule has 0 bridgehead atoms. The molecule has 0 aliphatic carbocycles. The summed E-state index contributed by atoms with van der Waals surface area (Å²) in [5.74, 6) is 0.0283. The van der Waals surface area contributed by atoms with Crippen molar-refractivity contribution in [2.24, 2.45) is 0 Å². The van der Waals surface area contributed by atoms with Crippen molar-refractivity contribution in [3.8, 4) is 0 Å². The molecular weight excluding hydrogens is 270 g/mol. The molecule has 0 spiro atoms. The standard InChI is InChI=1S/C17H18ClNO/c1-13(2)19(12-14-6-4-3-5-7-14)17(20)15-8-10-16(18)11-9-15/h3-11,13H,12H2,1-2H3. The molecule has 0 aliphatic heterocycles. The maximum Gasteiger partial charge on any atom is 0.254 e. The highest BCUT2D eigenvalue weighted by Gasteiger charge is 2.18. The van der Waals surface area contributed by atoms with Gasteiger partial charge in [-0.1, -0.05) is 41.9 Å². The van der Waals surface area contributed by atoms with E-state index in [4.69, 9.17) is 11.6 Å². The molecule has 3 heteroatoms. The summed E-state index contributed by atoms with van der Waals surface area (Å²) in [5.41, 5.74) is 1.79. The number of carbonyl (C=O) groups excluding carboxylic acids is 1. The highest BCUT2D eigenvalue weighted by molar-refractivity contribution is 6.30. The average molecular weight is 288 g/mol. The molecular formula is C17H18ClNO. The topological polar surface area (TPSA) is 20.3 Å². The van der Waals surface area contributed by atoms with Crippen LogP contribution in [0.2, 0.25) is 5.02 Å². The summed E-state index contributed by atoms with van der Waals surface area (Å²) in [5, 5.41) is 0.640. The van der Waals surface area contributed by atoms with Gasteiger partial charge in [-0.3, -0.25) is 4.79 Å². The quantitative estimate of drug-likeness (QED) is 0.816. The zero-order valence-electron chi connectivity index (χ0n) is 11.7. The predicted octanol–water partition coefficient (Wildman–Crippen LogP) is 4.39. The third-order valence-corrected chi connectivity index (χ3v) is 3.42. The van der Waals surface area contributed by atoms with Gasteiger partial charge in [-0.2, -0.15) is 0 Å². The first-order valence-electron chi connectivity index (χ1n) is 6.68. The Labute approximate surface area is 125 Å². The molecule has 0 N–H and O–H groups in total. The summed E-state index contributed by atoms with van der Waals surface area (Å²) < 4.78 is 0. The van der Waals surface area contributed by atoms with Crippen LogP contribution >= 0.6 is 11.6 Å². The fourth-order valence-electron chi connectivity index (χ4n) is 2.03. The number of nitrogens with zero attached hydrogens (tertiary/aromatic N) is 1. The van der Waals surface area contributed by atoms with Crippen LogP contribution in [0.25, 0.3) is 0 Å². The number of carbonyl (C=O) groups is 1. The molecule has 0 heterocycles. The second kappa shape index (κ2) is 6.58. The van der Waals surface area contributed by atoms with E-state index < -0.39 is 0 Å². The lowest BCUT2D eigenvalue weighted by atomic mass is 10.1. The number of halogens is 1. The van der Waals surface area contributed by atoms with Crippen LogP contribution < -0.4 is 0 Å². The third-order valence-electron chi connectivity index (χ3n) is 3.17. The number of amides is 1. The molecule has 0 saturated heterocycles. The molecule has 0 aromatic heterocycles. The molecule has 0 unspecified atom stereocenters. The monoisotopic (exact) mass is 287 g/mol. The van der Waals surface area contributed by atoms with Gasteiger partial charge >= 0.3 is 0 Å². The lowest BCUT2D eigenvalue weighted by Crippen LogP contribution is -2.36. The van der Waals surface area contributed by atoms with E-state index in [0.717, 1.165) is 5.56 Å². The number of hydrogen-bond acceptors (Lipinski definition) is 1. The van der Waals surface area contributed by atoms with Gasteiger partial charge in [0, 0.05) is 23.2 Å². The Bertz CT molecular complexity index is 563. The van der Waals surface area contributed by atoms with E-state index in [-0.39, 0.29) is 11.9 Å². The molecule has 0 atom stereocenters. The molecule has 2 nitrogen and oxygen atoms in total. The van der Waals surface area contributed by atoms with Crippen molar-refractivity contribution in [3.63, 3.8) is 0 Å². The first-order chi connectivity index (χ1) is 9.58. The van der Waals surface area contributed by atoms with E-state index >= 15 is 0 Å². The summed E-state index contributed by atoms with van der Waals surface area (Å²) in [7, 11) is 0. The molecule has 2 rings (SSSR count). The third kappa shape index (κ3) is 3.61. The minimum Gasteiger partial charge on any atom is -0.332 e. The minimum atomic E-state index is 0.0283. The summed E-state index contributed by atoms with van der Waals surface area (Å²) in [6.45, 7) is 4.66. The van der Waals surface area contributed by atoms with Crippen molar-refractivity contribution in [1.82, 2.24) is 4.90 Å². The molecule has 2 aromatic carbocycles. The van der Waals surface area contributed by atoms with E-state index in [1.165, 1.54) is 0 Å². The summed E-state index contributed by atoms with van der Waals surface area (Å²) in [4.78, 5) is 14.4. The molecule has 20 heavy (non-hydrogen) atoms. The zero-order chi connectivity index (χ0) is 14.5. The van der Waals surface area contributed by atoms with E-state index in [9.17, 15) is 4.79 Å². The van der Waals surface area contributed by atoms with Crippen molar-refractivity contribution in [1.29, 1.82) is 0 Å². The number of rotatable bonds is 4. The van der Waals surface area contributed by atoms with E-state index in [0.29, 0.717) is 17.1 Å². The average Bonchev–Trinajstić information content (AvgIpc) is 2.45. The van der Waals surface area contributed by atoms with Gasteiger partial charge in [0.15, 0.2) is 0 Å². The number of hydrogen-bond donors (Lipinski definition) is 0. The molecule has 0 fully saturated rings. The molecule has 104 valence electrons. The Kier molecular flexibility index (Phi) is 4.80. The smallest absolute Gasteiger partial charge is 0.254 e. The van der Waals surface area contributed by atoms with Gasteiger partial charge in [0.2, 0.25) is 0 Å². The van der Waals surface area contributed by atoms with Crippen LogP contribution in [-0.2, 0) is 6.54 Å². The minimum absolute atomic E-state index is 0.0283. The first kappa shape index (κ1) is 14.6. The second-order valence-corrected chi connectivity index (χ2v) is 5.46. The molecule has 0 radical (unpaired) electrons. The highest BCUT2D eigenvalue weighted by Crippen LogP contribution is 2.15. The summed E-state index contributed by atoms with van der Waals surface area (Å²) >= 11 is 5.86. The lowest BCUT2D eigenvalue weighted by molar-refractivity contribution is 0.0690. The second-order valence-electron chi connectivity index (χ2n) is 5.02. The van der Waals surface area contributed by atoms with Gasteiger partial charge in [0.05, 0.1) is 0 Å². The van der Waals surface area contributed by atoms with Gasteiger partial charge in [-0.25, -0.2) is 0 Å². The van der Waals surface area contributed by atoms with Gasteiger partial charge in [0.25, 0.3) is 5.91 Å². The van der Waals surface area contributed by atoms with E-state index in [2.05, 4.69) is 0 Å². The van der Waals surface area contributed by atoms with Gasteiger partial charge < -0.3 is 4.90 Å². The fourth-order valence-corrected chi connectivity index (χ4v) is 2.15. The maximum atomic E-state index is 12.6. The normalized spacial score (nSPS) is 10.6. The Morgan fingerprint density at radius 1 is 1.05 bits per heavy atom. The molecule has 1 amide bonds. The Morgan fingerprint density at radius 2 is 1.65 bits per heavy atom. The largest absolute Gasteiger partial charge is 0.332 e. The molecule has 0 aliphatic rings. The highest BCUT2D eigenvalue weighted by atomic mass is 35.5. The summed E-state index contributed by atoms with van der Waals surface area (Å²) in [6.07, 6.45) is 0. The maximum absolute atomic E-state index is 12.6. The van der Waals surface area contributed by atoms with Crippen LogP contribution in [0, 0.1) is 0 Å². The Balaban J connectivity index is 2.20. The van der Waals surface area contributed by atoms with E-state index in [1.54, 1.807) is 24.3 Å². The fraction of sp³-hybridized carbons (Fsp3) is 0.235. The van der Waals surface area contributed by atoms with Crippen LogP contribution in [0.4, 0.5) is 0 Å². The van der Waals surface area contributed by atoms with Crippen LogP contribution in [-0.4, -0.2) is 16.8 Å². The van der Waals surface area contributed by atoms with Crippen molar-refractivity contribution < 1.29 is 4.79 Å². The molecule has 0 saturated carbocycles. The van der Waals surface area contributed by atoms with E-state index in [1.807, 2.05) is 49.1 Å². The first-order valence-corrected chi connectivity index (χ1v) is 7.06. The lowest BCUT2D eigenvalue weighted by Gasteiger charge is -2.27. The van der Waals surface area contributed by atoms with Crippen molar-refractivity contribution in [3.05, 3.63) is 70.7 Å². The van der Waals surface area contributed by atoms with Crippen molar-refractivity contribution in [2.75, 3.05) is 0 Å². The van der Waals surface area contributed by atoms with Gasteiger partial charge in [-0.05, 0) is 43.7 Å².